The van der Waals surface area contributed by atoms with Crippen LogP contribution in [0.2, 0.25) is 0 Å². The minimum absolute atomic E-state index is 0.170. The Morgan fingerprint density at radius 1 is 1.38 bits per heavy atom. The summed E-state index contributed by atoms with van der Waals surface area (Å²) in [5, 5.41) is 3.52. The van der Waals surface area contributed by atoms with E-state index in [1.165, 1.54) is 0 Å². The Hall–Kier alpha value is -0.770. The standard InChI is InChI=1S/C12H25N3O/c1-5-6-13-11(10(2)3)9-15-8-7-14(4)12(15)16/h10-11,13H,5-9H2,1-4H3. The molecule has 1 aliphatic heterocycles. The molecule has 0 radical (unpaired) electrons. The highest BCUT2D eigenvalue weighted by Gasteiger charge is 2.28. The number of hydrogen-bond acceptors (Lipinski definition) is 2. The highest BCUT2D eigenvalue weighted by Crippen LogP contribution is 2.10. The fourth-order valence-electron chi connectivity index (χ4n) is 1.95. The van der Waals surface area contributed by atoms with E-state index in [-0.39, 0.29) is 6.03 Å². The molecule has 0 aromatic heterocycles. The van der Waals surface area contributed by atoms with E-state index in [0.717, 1.165) is 32.6 Å². The van der Waals surface area contributed by atoms with E-state index in [4.69, 9.17) is 0 Å². The zero-order valence-corrected chi connectivity index (χ0v) is 11.0. The molecule has 94 valence electrons. The smallest absolute Gasteiger partial charge is 0.319 e. The first-order chi connectivity index (χ1) is 7.56. The minimum atomic E-state index is 0.170. The van der Waals surface area contributed by atoms with Crippen LogP contribution in [0.5, 0.6) is 0 Å². The molecule has 1 N–H and O–H groups in total. The van der Waals surface area contributed by atoms with Crippen molar-refractivity contribution in [3.05, 3.63) is 0 Å². The number of nitrogens with zero attached hydrogens (tertiary/aromatic N) is 2. The third-order valence-electron chi connectivity index (χ3n) is 3.18. The predicted molar refractivity (Wildman–Crippen MR) is 66.5 cm³/mol. The van der Waals surface area contributed by atoms with Gasteiger partial charge in [0.15, 0.2) is 0 Å². The van der Waals surface area contributed by atoms with E-state index in [2.05, 4.69) is 26.1 Å². The molecular formula is C12H25N3O. The fraction of sp³-hybridized carbons (Fsp3) is 0.917. The summed E-state index contributed by atoms with van der Waals surface area (Å²) in [5.74, 6) is 0.560. The molecule has 4 heteroatoms. The third kappa shape index (κ3) is 3.37. The SMILES string of the molecule is CCCNC(CN1CCN(C)C1=O)C(C)C. The molecule has 1 atom stereocenters. The summed E-state index contributed by atoms with van der Waals surface area (Å²) in [5.41, 5.74) is 0. The van der Waals surface area contributed by atoms with Crippen LogP contribution in [-0.2, 0) is 0 Å². The molecule has 0 saturated carbocycles. The van der Waals surface area contributed by atoms with Gasteiger partial charge in [0.05, 0.1) is 0 Å². The monoisotopic (exact) mass is 227 g/mol. The highest BCUT2D eigenvalue weighted by atomic mass is 16.2. The molecule has 1 aliphatic rings. The molecule has 16 heavy (non-hydrogen) atoms. The molecule has 1 saturated heterocycles. The lowest BCUT2D eigenvalue weighted by Gasteiger charge is -2.27. The predicted octanol–water partition coefficient (Wildman–Crippen LogP) is 1.38. The number of carbonyl (C=O) groups is 1. The Labute approximate surface area is 99.0 Å². The molecule has 0 spiro atoms. The molecule has 0 bridgehead atoms. The number of carbonyl (C=O) groups excluding carboxylic acids is 1. The topological polar surface area (TPSA) is 35.6 Å². The summed E-state index contributed by atoms with van der Waals surface area (Å²) in [6, 6.07) is 0.583. The maximum atomic E-state index is 11.8. The third-order valence-corrected chi connectivity index (χ3v) is 3.18. The molecule has 1 rings (SSSR count). The largest absolute Gasteiger partial charge is 0.326 e. The van der Waals surface area contributed by atoms with Crippen molar-refractivity contribution in [1.29, 1.82) is 0 Å². The van der Waals surface area contributed by atoms with Gasteiger partial charge in [0.2, 0.25) is 0 Å². The summed E-state index contributed by atoms with van der Waals surface area (Å²) >= 11 is 0. The van der Waals surface area contributed by atoms with Crippen molar-refractivity contribution >= 4 is 6.03 Å². The highest BCUT2D eigenvalue weighted by molar-refractivity contribution is 5.76. The summed E-state index contributed by atoms with van der Waals surface area (Å²) in [4.78, 5) is 15.5. The molecular weight excluding hydrogens is 202 g/mol. The van der Waals surface area contributed by atoms with Gasteiger partial charge in [0, 0.05) is 32.7 Å². The van der Waals surface area contributed by atoms with Crippen molar-refractivity contribution in [2.45, 2.75) is 33.2 Å². The van der Waals surface area contributed by atoms with Crippen LogP contribution in [0.3, 0.4) is 0 Å². The van der Waals surface area contributed by atoms with Gasteiger partial charge in [-0.25, -0.2) is 4.79 Å². The number of hydrogen-bond donors (Lipinski definition) is 1. The van der Waals surface area contributed by atoms with Gasteiger partial charge in [-0.2, -0.15) is 0 Å². The molecule has 1 fully saturated rings. The number of rotatable bonds is 6. The van der Waals surface area contributed by atoms with Gasteiger partial charge >= 0.3 is 6.03 Å². The van der Waals surface area contributed by atoms with Gasteiger partial charge in [-0.3, -0.25) is 0 Å². The van der Waals surface area contributed by atoms with Crippen LogP contribution in [0.15, 0.2) is 0 Å². The van der Waals surface area contributed by atoms with Gasteiger partial charge in [0.25, 0.3) is 0 Å². The van der Waals surface area contributed by atoms with Crippen LogP contribution >= 0.6 is 0 Å². The Bertz CT molecular complexity index is 230. The average Bonchev–Trinajstić information content (AvgIpc) is 2.55. The summed E-state index contributed by atoms with van der Waals surface area (Å²) < 4.78 is 0. The second-order valence-corrected chi connectivity index (χ2v) is 4.95. The number of likely N-dealkylation sites (N-methyl/N-ethyl adjacent to an activating group) is 1. The average molecular weight is 227 g/mol. The van der Waals surface area contributed by atoms with Crippen molar-refractivity contribution in [3.63, 3.8) is 0 Å². The first-order valence-corrected chi connectivity index (χ1v) is 6.29. The van der Waals surface area contributed by atoms with Gasteiger partial charge in [-0.1, -0.05) is 20.8 Å². The Morgan fingerprint density at radius 2 is 2.06 bits per heavy atom. The van der Waals surface area contributed by atoms with Gasteiger partial charge in [0.1, 0.15) is 0 Å². The maximum absolute atomic E-state index is 11.8. The molecule has 2 amide bonds. The van der Waals surface area contributed by atoms with Crippen molar-refractivity contribution in [3.8, 4) is 0 Å². The first kappa shape index (κ1) is 13.3. The van der Waals surface area contributed by atoms with Crippen LogP contribution in [0.1, 0.15) is 27.2 Å². The summed E-state index contributed by atoms with van der Waals surface area (Å²) in [7, 11) is 1.87. The summed E-state index contributed by atoms with van der Waals surface area (Å²) in [6.07, 6.45) is 1.14. The second kappa shape index (κ2) is 6.09. The lowest BCUT2D eigenvalue weighted by Crippen LogP contribution is -2.45. The molecule has 1 heterocycles. The van der Waals surface area contributed by atoms with Crippen LogP contribution in [-0.4, -0.2) is 55.1 Å². The Balaban J connectivity index is 2.45. The van der Waals surface area contributed by atoms with Gasteiger partial charge in [-0.15, -0.1) is 0 Å². The second-order valence-electron chi connectivity index (χ2n) is 4.95. The van der Waals surface area contributed by atoms with E-state index >= 15 is 0 Å². The van der Waals surface area contributed by atoms with E-state index in [1.54, 1.807) is 4.90 Å². The zero-order valence-electron chi connectivity index (χ0n) is 11.0. The number of nitrogens with one attached hydrogen (secondary N) is 1. The maximum Gasteiger partial charge on any atom is 0.319 e. The molecule has 0 aromatic rings. The number of amides is 2. The number of urea groups is 1. The Morgan fingerprint density at radius 3 is 2.50 bits per heavy atom. The Kier molecular flexibility index (Phi) is 5.06. The van der Waals surface area contributed by atoms with Crippen molar-refractivity contribution in [2.24, 2.45) is 5.92 Å². The van der Waals surface area contributed by atoms with Gasteiger partial charge in [-0.05, 0) is 18.9 Å². The van der Waals surface area contributed by atoms with Crippen LogP contribution in [0.25, 0.3) is 0 Å². The van der Waals surface area contributed by atoms with Crippen LogP contribution in [0.4, 0.5) is 4.79 Å². The normalized spacial score (nSPS) is 18.7. The fourth-order valence-corrected chi connectivity index (χ4v) is 1.95. The lowest BCUT2D eigenvalue weighted by molar-refractivity contribution is 0.189. The zero-order chi connectivity index (χ0) is 12.1. The first-order valence-electron chi connectivity index (χ1n) is 6.29. The van der Waals surface area contributed by atoms with Crippen molar-refractivity contribution in [2.75, 3.05) is 33.2 Å². The lowest BCUT2D eigenvalue weighted by atomic mass is 10.0. The van der Waals surface area contributed by atoms with E-state index in [0.29, 0.717) is 12.0 Å². The van der Waals surface area contributed by atoms with Crippen molar-refractivity contribution in [1.82, 2.24) is 15.1 Å². The quantitative estimate of drug-likeness (QED) is 0.744. The van der Waals surface area contributed by atoms with E-state index < -0.39 is 0 Å². The molecule has 1 unspecified atom stereocenters. The van der Waals surface area contributed by atoms with Crippen LogP contribution in [0, 0.1) is 5.92 Å². The summed E-state index contributed by atoms with van der Waals surface area (Å²) in [6.45, 7) is 10.2. The van der Waals surface area contributed by atoms with Gasteiger partial charge < -0.3 is 15.1 Å². The van der Waals surface area contributed by atoms with E-state index in [9.17, 15) is 4.79 Å². The molecule has 0 aromatic carbocycles. The van der Waals surface area contributed by atoms with E-state index in [1.807, 2.05) is 11.9 Å². The molecule has 0 aliphatic carbocycles. The van der Waals surface area contributed by atoms with Crippen LogP contribution < -0.4 is 5.32 Å². The molecule has 4 nitrogen and oxygen atoms in total. The van der Waals surface area contributed by atoms with Crippen molar-refractivity contribution < 1.29 is 4.79 Å². The minimum Gasteiger partial charge on any atom is -0.326 e.